The van der Waals surface area contributed by atoms with Crippen LogP contribution in [0.25, 0.3) is 23.1 Å². The molecule has 5 heteroatoms. The Bertz CT molecular complexity index is 1520. The molecule has 0 radical (unpaired) electrons. The third-order valence-electron chi connectivity index (χ3n) is 7.78. The van der Waals surface area contributed by atoms with E-state index in [0.717, 1.165) is 64.7 Å². The molecule has 206 valence electrons. The van der Waals surface area contributed by atoms with E-state index >= 15 is 0 Å². The minimum atomic E-state index is -0.902. The zero-order valence-corrected chi connectivity index (χ0v) is 24.0. The van der Waals surface area contributed by atoms with Crippen LogP contribution < -0.4 is 0 Å². The minimum absolute atomic E-state index is 0.0704. The van der Waals surface area contributed by atoms with Crippen molar-refractivity contribution in [1.82, 2.24) is 4.98 Å². The standard InChI is InChI=1S/C35H37NO3S/c1-34(2,39)30-12-5-3-9-26(30)16-19-32(40-24-35(20-21-35)23-33(37)38)28-11-7-8-25(22-28)14-17-29-18-15-27-10-4-6-13-31(27)36-29/h3-15,17-18,22,32,39H,16,19-21,23-24H2,1-2H3,(H,37,38)/b17-14+. The van der Waals surface area contributed by atoms with Gasteiger partial charge in [-0.25, -0.2) is 4.98 Å². The van der Waals surface area contributed by atoms with Crippen molar-refractivity contribution < 1.29 is 15.0 Å². The molecule has 1 unspecified atom stereocenters. The van der Waals surface area contributed by atoms with Crippen LogP contribution in [0.1, 0.15) is 72.7 Å². The molecule has 5 rings (SSSR count). The maximum atomic E-state index is 11.5. The maximum absolute atomic E-state index is 11.5. The van der Waals surface area contributed by atoms with E-state index < -0.39 is 11.6 Å². The summed E-state index contributed by atoms with van der Waals surface area (Å²) in [6.07, 6.45) is 8.13. The molecule has 3 aromatic carbocycles. The van der Waals surface area contributed by atoms with Gasteiger partial charge in [0.1, 0.15) is 0 Å². The number of fused-ring (bicyclic) bond motifs is 1. The summed E-state index contributed by atoms with van der Waals surface area (Å²) in [5, 5.41) is 21.5. The van der Waals surface area contributed by atoms with E-state index in [9.17, 15) is 15.0 Å². The Morgan fingerprint density at radius 2 is 1.77 bits per heavy atom. The molecule has 0 saturated heterocycles. The number of pyridine rings is 1. The minimum Gasteiger partial charge on any atom is -0.481 e. The Kier molecular flexibility index (Phi) is 8.43. The van der Waals surface area contributed by atoms with Gasteiger partial charge in [0, 0.05) is 16.4 Å². The summed E-state index contributed by atoms with van der Waals surface area (Å²) in [4.78, 5) is 16.2. The van der Waals surface area contributed by atoms with E-state index in [4.69, 9.17) is 4.98 Å². The van der Waals surface area contributed by atoms with Gasteiger partial charge in [0.15, 0.2) is 0 Å². The highest BCUT2D eigenvalue weighted by Crippen LogP contribution is 2.53. The fourth-order valence-corrected chi connectivity index (χ4v) is 6.90. The normalized spacial score (nSPS) is 15.4. The number of carbonyl (C=O) groups is 1. The van der Waals surface area contributed by atoms with Gasteiger partial charge in [0.25, 0.3) is 0 Å². The quantitative estimate of drug-likeness (QED) is 0.185. The van der Waals surface area contributed by atoms with E-state index in [1.807, 2.05) is 68.1 Å². The average molecular weight is 552 g/mol. The molecule has 4 aromatic rings. The van der Waals surface area contributed by atoms with Crippen molar-refractivity contribution in [2.75, 3.05) is 5.75 Å². The molecule has 1 atom stereocenters. The van der Waals surface area contributed by atoms with Crippen molar-refractivity contribution >= 4 is 40.8 Å². The number of carboxylic acids is 1. The smallest absolute Gasteiger partial charge is 0.303 e. The second-order valence-corrected chi connectivity index (χ2v) is 12.7. The predicted molar refractivity (Wildman–Crippen MR) is 166 cm³/mol. The summed E-state index contributed by atoms with van der Waals surface area (Å²) in [5.74, 6) is 0.140. The van der Waals surface area contributed by atoms with Crippen LogP contribution in [0, 0.1) is 5.41 Å². The number of thioether (sulfide) groups is 1. The molecule has 1 aromatic heterocycles. The van der Waals surface area contributed by atoms with Gasteiger partial charge in [-0.2, -0.15) is 11.8 Å². The van der Waals surface area contributed by atoms with Gasteiger partial charge in [0.2, 0.25) is 0 Å². The molecule has 0 aliphatic heterocycles. The number of carboxylic acid groups (broad SMARTS) is 1. The Hall–Kier alpha value is -3.41. The van der Waals surface area contributed by atoms with Gasteiger partial charge in [-0.3, -0.25) is 4.79 Å². The second kappa shape index (κ2) is 12.0. The number of aromatic nitrogens is 1. The predicted octanol–water partition coefficient (Wildman–Crippen LogP) is 8.29. The molecule has 40 heavy (non-hydrogen) atoms. The number of aliphatic carboxylic acids is 1. The third-order valence-corrected chi connectivity index (χ3v) is 9.46. The largest absolute Gasteiger partial charge is 0.481 e. The monoisotopic (exact) mass is 551 g/mol. The van der Waals surface area contributed by atoms with E-state index in [0.29, 0.717) is 0 Å². The van der Waals surface area contributed by atoms with Gasteiger partial charge in [-0.05, 0) is 85.4 Å². The summed E-state index contributed by atoms with van der Waals surface area (Å²) in [7, 11) is 0. The van der Waals surface area contributed by atoms with Crippen LogP contribution in [0.2, 0.25) is 0 Å². The lowest BCUT2D eigenvalue weighted by Crippen LogP contribution is -2.18. The molecule has 4 nitrogen and oxygen atoms in total. The molecule has 1 saturated carbocycles. The Labute approximate surface area is 241 Å². The van der Waals surface area contributed by atoms with Crippen LogP contribution in [-0.2, 0) is 16.8 Å². The van der Waals surface area contributed by atoms with Crippen molar-refractivity contribution in [3.8, 4) is 0 Å². The highest BCUT2D eigenvalue weighted by Gasteiger charge is 2.44. The number of benzene rings is 3. The molecule has 0 spiro atoms. The van der Waals surface area contributed by atoms with Crippen molar-refractivity contribution in [2.45, 2.75) is 56.8 Å². The van der Waals surface area contributed by atoms with Crippen molar-refractivity contribution in [3.63, 3.8) is 0 Å². The Morgan fingerprint density at radius 1 is 1.00 bits per heavy atom. The van der Waals surface area contributed by atoms with Crippen LogP contribution >= 0.6 is 11.8 Å². The average Bonchev–Trinajstić information content (AvgIpc) is 3.70. The van der Waals surface area contributed by atoms with Crippen molar-refractivity contribution in [1.29, 1.82) is 0 Å². The lowest BCUT2D eigenvalue weighted by atomic mass is 9.90. The van der Waals surface area contributed by atoms with Crippen LogP contribution in [0.4, 0.5) is 0 Å². The highest BCUT2D eigenvalue weighted by molar-refractivity contribution is 7.99. The van der Waals surface area contributed by atoms with Crippen LogP contribution in [-0.4, -0.2) is 26.9 Å². The topological polar surface area (TPSA) is 70.4 Å². The van der Waals surface area contributed by atoms with Crippen LogP contribution in [0.3, 0.4) is 0 Å². The molecule has 1 fully saturated rings. The number of nitrogens with zero attached hydrogens (tertiary/aromatic N) is 1. The first-order valence-electron chi connectivity index (χ1n) is 14.0. The van der Waals surface area contributed by atoms with Gasteiger partial charge >= 0.3 is 5.97 Å². The highest BCUT2D eigenvalue weighted by atomic mass is 32.2. The summed E-state index contributed by atoms with van der Waals surface area (Å²) < 4.78 is 0. The Balaban J connectivity index is 1.37. The first-order chi connectivity index (χ1) is 19.2. The molecule has 1 aliphatic rings. The molecular weight excluding hydrogens is 514 g/mol. The SMILES string of the molecule is CC(C)(O)c1ccccc1CCC(SCC1(CC(=O)O)CC1)c1cccc(/C=C/c2ccc3ccccc3n2)c1. The van der Waals surface area contributed by atoms with Crippen molar-refractivity contribution in [2.24, 2.45) is 5.41 Å². The maximum Gasteiger partial charge on any atom is 0.303 e. The number of para-hydroxylation sites is 1. The molecule has 0 bridgehead atoms. The molecule has 1 aliphatic carbocycles. The van der Waals surface area contributed by atoms with Gasteiger partial charge in [-0.15, -0.1) is 0 Å². The van der Waals surface area contributed by atoms with Gasteiger partial charge in [0.05, 0.1) is 23.2 Å². The number of rotatable bonds is 12. The fraction of sp³-hybridized carbons (Fsp3) is 0.314. The summed E-state index contributed by atoms with van der Waals surface area (Å²) in [6, 6.07) is 29.0. The number of hydrogen-bond acceptors (Lipinski definition) is 4. The summed E-state index contributed by atoms with van der Waals surface area (Å²) in [6.45, 7) is 3.67. The van der Waals surface area contributed by atoms with Crippen molar-refractivity contribution in [3.05, 3.63) is 113 Å². The third kappa shape index (κ3) is 7.21. The van der Waals surface area contributed by atoms with Crippen LogP contribution in [0.15, 0.2) is 84.9 Å². The number of hydrogen-bond donors (Lipinski definition) is 2. The zero-order chi connectivity index (χ0) is 28.2. The first-order valence-corrected chi connectivity index (χ1v) is 15.0. The number of aryl methyl sites for hydroxylation is 1. The summed E-state index contributed by atoms with van der Waals surface area (Å²) >= 11 is 1.88. The zero-order valence-electron chi connectivity index (χ0n) is 23.2. The van der Waals surface area contributed by atoms with E-state index in [1.165, 1.54) is 5.56 Å². The van der Waals surface area contributed by atoms with E-state index in [-0.39, 0.29) is 17.1 Å². The fourth-order valence-electron chi connectivity index (χ4n) is 5.33. The molecule has 1 heterocycles. The van der Waals surface area contributed by atoms with Gasteiger partial charge < -0.3 is 10.2 Å². The first kappa shape index (κ1) is 28.1. The lowest BCUT2D eigenvalue weighted by molar-refractivity contribution is -0.138. The molecule has 0 amide bonds. The second-order valence-electron chi connectivity index (χ2n) is 11.6. The Morgan fingerprint density at radius 3 is 2.55 bits per heavy atom. The van der Waals surface area contributed by atoms with Crippen LogP contribution in [0.5, 0.6) is 0 Å². The number of aliphatic hydroxyl groups is 1. The molecular formula is C35H37NO3S. The molecule has 2 N–H and O–H groups in total. The summed E-state index contributed by atoms with van der Waals surface area (Å²) in [5.41, 5.74) is 5.40. The van der Waals surface area contributed by atoms with Gasteiger partial charge in [-0.1, -0.05) is 78.9 Å². The lowest BCUT2D eigenvalue weighted by Gasteiger charge is -2.24. The van der Waals surface area contributed by atoms with E-state index in [1.54, 1.807) is 0 Å². The van der Waals surface area contributed by atoms with E-state index in [2.05, 4.69) is 54.6 Å².